The van der Waals surface area contributed by atoms with Crippen molar-refractivity contribution in [2.75, 3.05) is 6.61 Å². The van der Waals surface area contributed by atoms with Crippen LogP contribution in [0.2, 0.25) is 0 Å². The number of hydrogen-bond donors (Lipinski definition) is 3. The van der Waals surface area contributed by atoms with Crippen molar-refractivity contribution in [3.63, 3.8) is 0 Å². The highest BCUT2D eigenvalue weighted by Gasteiger charge is 2.32. The molecule has 2 unspecified atom stereocenters. The van der Waals surface area contributed by atoms with Gasteiger partial charge in [0.05, 0.1) is 0 Å². The van der Waals surface area contributed by atoms with Gasteiger partial charge in [-0.3, -0.25) is 4.79 Å². The van der Waals surface area contributed by atoms with Gasteiger partial charge in [-0.1, -0.05) is 83.1 Å². The zero-order chi connectivity index (χ0) is 25.8. The van der Waals surface area contributed by atoms with Gasteiger partial charge in [0.2, 0.25) is 5.91 Å². The molecule has 2 aromatic carbocycles. The molecular formula is C28H36N2O5. The number of carbonyl (C=O) groups excluding carboxylic acids is 2. The molecule has 1 aliphatic carbocycles. The lowest BCUT2D eigenvalue weighted by Gasteiger charge is -2.26. The predicted molar refractivity (Wildman–Crippen MR) is 135 cm³/mol. The molecule has 188 valence electrons. The van der Waals surface area contributed by atoms with Crippen molar-refractivity contribution in [2.24, 2.45) is 11.3 Å². The fourth-order valence-corrected chi connectivity index (χ4v) is 4.40. The molecule has 2 amide bonds. The highest BCUT2D eigenvalue weighted by Crippen LogP contribution is 2.44. The first-order valence-electron chi connectivity index (χ1n) is 12.1. The van der Waals surface area contributed by atoms with Crippen molar-refractivity contribution in [2.45, 2.75) is 65.5 Å². The largest absolute Gasteiger partial charge is 0.480 e. The number of alkyl carbamates (subject to hydrolysis) is 1. The van der Waals surface area contributed by atoms with Gasteiger partial charge in [0.25, 0.3) is 0 Å². The molecular weight excluding hydrogens is 444 g/mol. The van der Waals surface area contributed by atoms with E-state index >= 15 is 0 Å². The minimum Gasteiger partial charge on any atom is -0.480 e. The van der Waals surface area contributed by atoms with Crippen molar-refractivity contribution in [1.82, 2.24) is 10.6 Å². The number of amides is 2. The number of aliphatic carboxylic acids is 1. The smallest absolute Gasteiger partial charge is 0.407 e. The third-order valence-electron chi connectivity index (χ3n) is 6.37. The normalized spacial score (nSPS) is 14.6. The van der Waals surface area contributed by atoms with Crippen LogP contribution in [0.15, 0.2) is 48.5 Å². The molecule has 2 atom stereocenters. The van der Waals surface area contributed by atoms with Gasteiger partial charge in [-0.2, -0.15) is 0 Å². The van der Waals surface area contributed by atoms with E-state index in [0.717, 1.165) is 22.3 Å². The minimum atomic E-state index is -1.11. The molecule has 0 saturated carbocycles. The van der Waals surface area contributed by atoms with Crippen LogP contribution in [-0.2, 0) is 14.3 Å². The summed E-state index contributed by atoms with van der Waals surface area (Å²) in [6.07, 6.45) is 0.329. The topological polar surface area (TPSA) is 105 Å². The molecule has 1 aliphatic rings. The summed E-state index contributed by atoms with van der Waals surface area (Å²) in [7, 11) is 0. The number of ether oxygens (including phenoxy) is 1. The lowest BCUT2D eigenvalue weighted by atomic mass is 9.88. The van der Waals surface area contributed by atoms with Crippen LogP contribution in [0, 0.1) is 11.3 Å². The van der Waals surface area contributed by atoms with Gasteiger partial charge < -0.3 is 20.5 Å². The average Bonchev–Trinajstić information content (AvgIpc) is 3.11. The van der Waals surface area contributed by atoms with Gasteiger partial charge in [-0.25, -0.2) is 9.59 Å². The predicted octanol–water partition coefficient (Wildman–Crippen LogP) is 4.95. The Bertz CT molecular complexity index is 1030. The summed E-state index contributed by atoms with van der Waals surface area (Å²) < 4.78 is 5.61. The quantitative estimate of drug-likeness (QED) is 0.471. The van der Waals surface area contributed by atoms with Crippen LogP contribution in [-0.4, -0.2) is 41.8 Å². The molecule has 0 bridgehead atoms. The molecule has 0 spiro atoms. The fourth-order valence-electron chi connectivity index (χ4n) is 4.40. The molecule has 7 nitrogen and oxygen atoms in total. The number of benzene rings is 2. The first kappa shape index (κ1) is 26.3. The second-order valence-electron chi connectivity index (χ2n) is 10.7. The maximum Gasteiger partial charge on any atom is 0.407 e. The Kier molecular flexibility index (Phi) is 8.20. The maximum atomic E-state index is 13.0. The molecule has 3 N–H and O–H groups in total. The van der Waals surface area contributed by atoms with E-state index in [0.29, 0.717) is 12.8 Å². The first-order chi connectivity index (χ1) is 16.5. The van der Waals surface area contributed by atoms with Crippen LogP contribution in [0.4, 0.5) is 4.79 Å². The second kappa shape index (κ2) is 10.9. The molecule has 0 aromatic heterocycles. The Labute approximate surface area is 207 Å². The van der Waals surface area contributed by atoms with Gasteiger partial charge in [0.15, 0.2) is 0 Å². The Hall–Kier alpha value is -3.35. The molecule has 0 heterocycles. The monoisotopic (exact) mass is 480 g/mol. The van der Waals surface area contributed by atoms with Crippen LogP contribution >= 0.6 is 0 Å². The number of rotatable bonds is 9. The van der Waals surface area contributed by atoms with E-state index in [4.69, 9.17) is 4.74 Å². The van der Waals surface area contributed by atoms with Crippen molar-refractivity contribution in [3.8, 4) is 11.1 Å². The minimum absolute atomic E-state index is 0.0639. The lowest BCUT2D eigenvalue weighted by molar-refractivity contribution is -0.143. The van der Waals surface area contributed by atoms with E-state index in [1.54, 1.807) is 13.8 Å². The summed E-state index contributed by atoms with van der Waals surface area (Å²) in [6.45, 7) is 9.72. The summed E-state index contributed by atoms with van der Waals surface area (Å²) in [5.74, 6) is -2.02. The van der Waals surface area contributed by atoms with E-state index in [2.05, 4.69) is 22.8 Å². The van der Waals surface area contributed by atoms with Gasteiger partial charge in [-0.15, -0.1) is 0 Å². The molecule has 0 saturated heterocycles. The van der Waals surface area contributed by atoms with Gasteiger partial charge >= 0.3 is 12.1 Å². The van der Waals surface area contributed by atoms with E-state index < -0.39 is 30.1 Å². The van der Waals surface area contributed by atoms with Gasteiger partial charge in [-0.05, 0) is 46.4 Å². The number of carboxylic acids is 1. The molecule has 0 radical (unpaired) electrons. The first-order valence-corrected chi connectivity index (χ1v) is 12.1. The standard InChI is InChI=1S/C28H36N2O5/c1-17(2)24(26(32)33)30-25(31)23(14-15-28(3,4)5)29-27(34)35-16-22-20-12-8-6-10-18(20)19-11-7-9-13-21(19)22/h6-13,17,22-24H,14-16H2,1-5H3,(H,29,34)(H,30,31)(H,32,33). The Morgan fingerprint density at radius 3 is 1.97 bits per heavy atom. The summed E-state index contributed by atoms with van der Waals surface area (Å²) >= 11 is 0. The highest BCUT2D eigenvalue weighted by molar-refractivity contribution is 5.89. The highest BCUT2D eigenvalue weighted by atomic mass is 16.5. The summed E-state index contributed by atoms with van der Waals surface area (Å²) in [6, 6.07) is 14.2. The van der Waals surface area contributed by atoms with Crippen LogP contribution < -0.4 is 10.6 Å². The number of carboxylic acid groups (broad SMARTS) is 1. The van der Waals surface area contributed by atoms with Gasteiger partial charge in [0.1, 0.15) is 18.7 Å². The van der Waals surface area contributed by atoms with E-state index in [1.807, 2.05) is 57.2 Å². The van der Waals surface area contributed by atoms with Crippen LogP contribution in [0.25, 0.3) is 11.1 Å². The zero-order valence-electron chi connectivity index (χ0n) is 21.1. The van der Waals surface area contributed by atoms with Crippen LogP contribution in [0.3, 0.4) is 0 Å². The Balaban J connectivity index is 1.69. The zero-order valence-corrected chi connectivity index (χ0v) is 21.1. The molecule has 0 aliphatic heterocycles. The fraction of sp³-hybridized carbons (Fsp3) is 0.464. The molecule has 35 heavy (non-hydrogen) atoms. The summed E-state index contributed by atoms with van der Waals surface area (Å²) in [5.41, 5.74) is 4.40. The molecule has 0 fully saturated rings. The third kappa shape index (κ3) is 6.62. The summed E-state index contributed by atoms with van der Waals surface area (Å²) in [5, 5.41) is 14.7. The molecule has 3 rings (SSSR count). The third-order valence-corrected chi connectivity index (χ3v) is 6.37. The second-order valence-corrected chi connectivity index (χ2v) is 10.7. The van der Waals surface area contributed by atoms with Crippen LogP contribution in [0.1, 0.15) is 64.5 Å². The van der Waals surface area contributed by atoms with Gasteiger partial charge in [0, 0.05) is 5.92 Å². The van der Waals surface area contributed by atoms with E-state index in [9.17, 15) is 19.5 Å². The lowest BCUT2D eigenvalue weighted by Crippen LogP contribution is -2.53. The Morgan fingerprint density at radius 1 is 0.943 bits per heavy atom. The number of nitrogens with one attached hydrogen (secondary N) is 2. The molecule has 2 aromatic rings. The average molecular weight is 481 g/mol. The van der Waals surface area contributed by atoms with Crippen LogP contribution in [0.5, 0.6) is 0 Å². The SMILES string of the molecule is CC(C)C(NC(=O)C(CCC(C)(C)C)NC(=O)OCC1c2ccccc2-c2ccccc21)C(=O)O. The van der Waals surface area contributed by atoms with E-state index in [-0.39, 0.29) is 23.9 Å². The summed E-state index contributed by atoms with van der Waals surface area (Å²) in [4.78, 5) is 37.3. The number of hydrogen-bond acceptors (Lipinski definition) is 4. The maximum absolute atomic E-state index is 13.0. The van der Waals surface area contributed by atoms with Crippen molar-refractivity contribution in [3.05, 3.63) is 59.7 Å². The van der Waals surface area contributed by atoms with E-state index in [1.165, 1.54) is 0 Å². The van der Waals surface area contributed by atoms with Crippen molar-refractivity contribution in [1.29, 1.82) is 0 Å². The Morgan fingerprint density at radius 2 is 1.49 bits per heavy atom. The molecule has 7 heteroatoms. The van der Waals surface area contributed by atoms with Crippen molar-refractivity contribution >= 4 is 18.0 Å². The number of carbonyl (C=O) groups is 3. The number of fused-ring (bicyclic) bond motifs is 3. The van der Waals surface area contributed by atoms with Crippen molar-refractivity contribution < 1.29 is 24.2 Å².